The third-order valence-electron chi connectivity index (χ3n) is 2.56. The standard InChI is InChI=1S/C17H21NO4/c1-5-20-16-10-13(7-8-15(16)22-12(3)4)9-14(11-18)17(19)21-6-2/h7-10,12H,5-6H2,1-4H3. The van der Waals surface area contributed by atoms with Gasteiger partial charge in [-0.2, -0.15) is 5.26 Å². The van der Waals surface area contributed by atoms with E-state index in [0.29, 0.717) is 23.7 Å². The first kappa shape index (κ1) is 17.6. The number of carbonyl (C=O) groups is 1. The first-order valence-electron chi connectivity index (χ1n) is 7.24. The highest BCUT2D eigenvalue weighted by Gasteiger charge is 2.12. The second kappa shape index (κ2) is 8.73. The fourth-order valence-corrected chi connectivity index (χ4v) is 1.75. The highest BCUT2D eigenvalue weighted by molar-refractivity contribution is 5.97. The highest BCUT2D eigenvalue weighted by atomic mass is 16.5. The van der Waals surface area contributed by atoms with Crippen LogP contribution in [0.3, 0.4) is 0 Å². The molecule has 0 N–H and O–H groups in total. The van der Waals surface area contributed by atoms with Crippen molar-refractivity contribution >= 4 is 12.0 Å². The quantitative estimate of drug-likeness (QED) is 0.439. The van der Waals surface area contributed by atoms with Gasteiger partial charge in [-0.05, 0) is 51.5 Å². The summed E-state index contributed by atoms with van der Waals surface area (Å²) < 4.78 is 16.1. The third kappa shape index (κ3) is 5.13. The molecule has 0 heterocycles. The molecular weight excluding hydrogens is 282 g/mol. The summed E-state index contributed by atoms with van der Waals surface area (Å²) in [6.45, 7) is 8.14. The van der Waals surface area contributed by atoms with Crippen LogP contribution in [0.25, 0.3) is 6.08 Å². The van der Waals surface area contributed by atoms with Gasteiger partial charge in [-0.15, -0.1) is 0 Å². The normalized spacial score (nSPS) is 11.0. The van der Waals surface area contributed by atoms with E-state index < -0.39 is 5.97 Å². The summed E-state index contributed by atoms with van der Waals surface area (Å²) in [5.74, 6) is 0.570. The summed E-state index contributed by atoms with van der Waals surface area (Å²) >= 11 is 0. The Kier molecular flexibility index (Phi) is 6.97. The third-order valence-corrected chi connectivity index (χ3v) is 2.56. The number of carbonyl (C=O) groups excluding carboxylic acids is 1. The Morgan fingerprint density at radius 3 is 2.55 bits per heavy atom. The van der Waals surface area contributed by atoms with E-state index in [9.17, 15) is 4.79 Å². The molecule has 0 fully saturated rings. The molecule has 0 aliphatic heterocycles. The van der Waals surface area contributed by atoms with Crippen LogP contribution in [0.5, 0.6) is 11.5 Å². The van der Waals surface area contributed by atoms with Gasteiger partial charge in [0.1, 0.15) is 11.6 Å². The molecule has 1 aromatic rings. The van der Waals surface area contributed by atoms with Crippen molar-refractivity contribution in [3.8, 4) is 17.6 Å². The molecule has 0 bridgehead atoms. The number of benzene rings is 1. The van der Waals surface area contributed by atoms with Crippen LogP contribution in [-0.2, 0) is 9.53 Å². The molecule has 0 saturated heterocycles. The Labute approximate surface area is 131 Å². The smallest absolute Gasteiger partial charge is 0.348 e. The lowest BCUT2D eigenvalue weighted by atomic mass is 10.1. The van der Waals surface area contributed by atoms with E-state index in [1.807, 2.05) is 26.8 Å². The van der Waals surface area contributed by atoms with Gasteiger partial charge in [0.15, 0.2) is 11.5 Å². The molecule has 0 amide bonds. The molecule has 0 aliphatic carbocycles. The van der Waals surface area contributed by atoms with Crippen LogP contribution >= 0.6 is 0 Å². The molecule has 0 radical (unpaired) electrons. The first-order chi connectivity index (χ1) is 10.5. The average Bonchev–Trinajstić information content (AvgIpc) is 2.47. The number of esters is 1. The average molecular weight is 303 g/mol. The maximum absolute atomic E-state index is 11.6. The minimum Gasteiger partial charge on any atom is -0.490 e. The Morgan fingerprint density at radius 2 is 2.00 bits per heavy atom. The molecular formula is C17H21NO4. The van der Waals surface area contributed by atoms with Gasteiger partial charge in [-0.1, -0.05) is 6.07 Å². The Balaban J connectivity index is 3.12. The van der Waals surface area contributed by atoms with Crippen molar-refractivity contribution in [2.75, 3.05) is 13.2 Å². The first-order valence-corrected chi connectivity index (χ1v) is 7.24. The predicted molar refractivity (Wildman–Crippen MR) is 83.6 cm³/mol. The lowest BCUT2D eigenvalue weighted by Gasteiger charge is -2.15. The van der Waals surface area contributed by atoms with Crippen molar-refractivity contribution in [1.82, 2.24) is 0 Å². The van der Waals surface area contributed by atoms with Crippen LogP contribution in [0.4, 0.5) is 0 Å². The Hall–Kier alpha value is -2.48. The van der Waals surface area contributed by atoms with Gasteiger partial charge in [0.2, 0.25) is 0 Å². The van der Waals surface area contributed by atoms with Gasteiger partial charge < -0.3 is 14.2 Å². The van der Waals surface area contributed by atoms with Crippen molar-refractivity contribution in [3.63, 3.8) is 0 Å². The van der Waals surface area contributed by atoms with E-state index in [1.165, 1.54) is 6.08 Å². The molecule has 0 saturated carbocycles. The summed E-state index contributed by atoms with van der Waals surface area (Å²) in [7, 11) is 0. The molecule has 0 aliphatic rings. The van der Waals surface area contributed by atoms with Crippen LogP contribution in [0.15, 0.2) is 23.8 Å². The largest absolute Gasteiger partial charge is 0.490 e. The second-order valence-electron chi connectivity index (χ2n) is 4.70. The van der Waals surface area contributed by atoms with Gasteiger partial charge >= 0.3 is 5.97 Å². The number of ether oxygens (including phenoxy) is 3. The molecule has 5 heteroatoms. The molecule has 0 aromatic heterocycles. The number of nitriles is 1. The molecule has 1 rings (SSSR count). The summed E-state index contributed by atoms with van der Waals surface area (Å²) in [4.78, 5) is 11.6. The fourth-order valence-electron chi connectivity index (χ4n) is 1.75. The minimum atomic E-state index is -0.634. The lowest BCUT2D eigenvalue weighted by molar-refractivity contribution is -0.137. The molecule has 118 valence electrons. The Bertz CT molecular complexity index is 585. The molecule has 0 atom stereocenters. The molecule has 22 heavy (non-hydrogen) atoms. The van der Waals surface area contributed by atoms with Crippen molar-refractivity contribution in [2.24, 2.45) is 0 Å². The summed E-state index contributed by atoms with van der Waals surface area (Å²) in [6.07, 6.45) is 1.49. The number of hydrogen-bond acceptors (Lipinski definition) is 5. The van der Waals surface area contributed by atoms with Gasteiger partial charge in [-0.3, -0.25) is 0 Å². The highest BCUT2D eigenvalue weighted by Crippen LogP contribution is 2.30. The fraction of sp³-hybridized carbons (Fsp3) is 0.412. The van der Waals surface area contributed by atoms with Crippen LogP contribution in [0.2, 0.25) is 0 Å². The van der Waals surface area contributed by atoms with Gasteiger partial charge in [0.05, 0.1) is 19.3 Å². The van der Waals surface area contributed by atoms with Gasteiger partial charge in [-0.25, -0.2) is 4.79 Å². The second-order valence-corrected chi connectivity index (χ2v) is 4.70. The SMILES string of the molecule is CCOC(=O)C(C#N)=Cc1ccc(OC(C)C)c(OCC)c1. The van der Waals surface area contributed by atoms with E-state index >= 15 is 0 Å². The van der Waals surface area contributed by atoms with E-state index in [0.717, 1.165) is 0 Å². The van der Waals surface area contributed by atoms with E-state index in [4.69, 9.17) is 19.5 Å². The maximum Gasteiger partial charge on any atom is 0.348 e. The minimum absolute atomic E-state index is 0.0230. The number of hydrogen-bond donors (Lipinski definition) is 0. The number of nitrogens with zero attached hydrogens (tertiary/aromatic N) is 1. The number of rotatable bonds is 7. The van der Waals surface area contributed by atoms with Crippen molar-refractivity contribution in [1.29, 1.82) is 5.26 Å². The van der Waals surface area contributed by atoms with Gasteiger partial charge in [0, 0.05) is 0 Å². The zero-order valence-electron chi connectivity index (χ0n) is 13.4. The monoisotopic (exact) mass is 303 g/mol. The molecule has 0 spiro atoms. The molecule has 5 nitrogen and oxygen atoms in total. The Morgan fingerprint density at radius 1 is 1.27 bits per heavy atom. The topological polar surface area (TPSA) is 68.6 Å². The van der Waals surface area contributed by atoms with Crippen molar-refractivity contribution in [3.05, 3.63) is 29.3 Å². The van der Waals surface area contributed by atoms with E-state index in [1.54, 1.807) is 25.1 Å². The predicted octanol–water partition coefficient (Wildman–Crippen LogP) is 3.34. The summed E-state index contributed by atoms with van der Waals surface area (Å²) in [6, 6.07) is 7.10. The molecule has 1 aromatic carbocycles. The maximum atomic E-state index is 11.6. The van der Waals surface area contributed by atoms with E-state index in [2.05, 4.69) is 0 Å². The van der Waals surface area contributed by atoms with Crippen molar-refractivity contribution in [2.45, 2.75) is 33.8 Å². The van der Waals surface area contributed by atoms with Crippen LogP contribution in [0.1, 0.15) is 33.3 Å². The zero-order chi connectivity index (χ0) is 16.5. The molecule has 0 unspecified atom stereocenters. The zero-order valence-corrected chi connectivity index (χ0v) is 13.4. The summed E-state index contributed by atoms with van der Waals surface area (Å²) in [5.41, 5.74) is 0.617. The summed E-state index contributed by atoms with van der Waals surface area (Å²) in [5, 5.41) is 9.06. The van der Waals surface area contributed by atoms with Crippen LogP contribution in [0, 0.1) is 11.3 Å². The van der Waals surface area contributed by atoms with Crippen LogP contribution in [-0.4, -0.2) is 25.3 Å². The van der Waals surface area contributed by atoms with Crippen molar-refractivity contribution < 1.29 is 19.0 Å². The van der Waals surface area contributed by atoms with E-state index in [-0.39, 0.29) is 18.3 Å². The lowest BCUT2D eigenvalue weighted by Crippen LogP contribution is -2.08. The van der Waals surface area contributed by atoms with Gasteiger partial charge in [0.25, 0.3) is 0 Å². The van der Waals surface area contributed by atoms with Crippen LogP contribution < -0.4 is 9.47 Å².